The van der Waals surface area contributed by atoms with Crippen molar-refractivity contribution in [1.82, 2.24) is 0 Å². The topological polar surface area (TPSA) is 160 Å². The molecule has 0 radical (unpaired) electrons. The third-order valence-corrected chi connectivity index (χ3v) is 9.32. The molecule has 0 aromatic heterocycles. The van der Waals surface area contributed by atoms with E-state index in [1.807, 2.05) is 6.08 Å². The van der Waals surface area contributed by atoms with E-state index in [0.29, 0.717) is 25.7 Å². The van der Waals surface area contributed by atoms with Crippen LogP contribution in [0.5, 0.6) is 0 Å². The second-order valence-electron chi connectivity index (χ2n) is 13.9. The second kappa shape index (κ2) is 36.2. The molecule has 0 saturated heterocycles. The highest BCUT2D eigenvalue weighted by Gasteiger charge is 2.23. The average molecular weight is 759 g/mol. The highest BCUT2D eigenvalue weighted by Crippen LogP contribution is 2.36. The first-order valence-corrected chi connectivity index (χ1v) is 22.0. The molecule has 0 heterocycles. The summed E-state index contributed by atoms with van der Waals surface area (Å²) in [5, 5.41) is 20.3. The molecule has 11 heteroatoms. The van der Waals surface area contributed by atoms with Crippen LogP contribution in [0.4, 0.5) is 0 Å². The normalized spacial score (nSPS) is 14.0. The molecule has 0 aliphatic rings. The van der Waals surface area contributed by atoms with Gasteiger partial charge in [0.15, 0.2) is 6.10 Å². The first kappa shape index (κ1) is 50.2. The van der Waals surface area contributed by atoms with E-state index in [1.165, 1.54) is 51.4 Å². The molecule has 0 amide bonds. The van der Waals surface area contributed by atoms with Crippen molar-refractivity contribution in [3.63, 3.8) is 0 Å². The van der Waals surface area contributed by atoms with Gasteiger partial charge in [-0.05, 0) is 70.6 Å². The molecule has 0 rings (SSSR count). The third kappa shape index (κ3) is 36.5. The van der Waals surface area contributed by atoms with Gasteiger partial charge in [0.2, 0.25) is 0 Å². The van der Waals surface area contributed by atoms with Crippen molar-refractivity contribution in [2.24, 2.45) is 0 Å². The van der Waals surface area contributed by atoms with E-state index in [9.17, 15) is 24.4 Å². The molecule has 0 unspecified atom stereocenters. The summed E-state index contributed by atoms with van der Waals surface area (Å²) in [7, 11) is -4.79. The second-order valence-corrected chi connectivity index (χ2v) is 15.2. The molecule has 0 bridgehead atoms. The number of aliphatic hydroxyl groups is 2. The Morgan fingerprint density at radius 3 is 1.62 bits per heavy atom. The van der Waals surface area contributed by atoms with Gasteiger partial charge >= 0.3 is 19.8 Å². The van der Waals surface area contributed by atoms with E-state index < -0.39 is 44.7 Å². The summed E-state index contributed by atoms with van der Waals surface area (Å²) in [6.45, 7) is 3.46. The van der Waals surface area contributed by atoms with Gasteiger partial charge in [0.1, 0.15) is 6.61 Å². The molecular weight excluding hydrogens is 683 g/mol. The Bertz CT molecular complexity index is 977. The van der Waals surface area contributed by atoms with Gasteiger partial charge in [0, 0.05) is 12.8 Å². The smallest absolute Gasteiger partial charge is 0.462 e. The number of carbonyl (C=O) groups is 2. The molecule has 4 N–H and O–H groups in total. The Kier molecular flexibility index (Phi) is 34.9. The van der Waals surface area contributed by atoms with Crippen molar-refractivity contribution in [1.29, 1.82) is 0 Å². The van der Waals surface area contributed by atoms with Crippen LogP contribution >= 0.6 is 7.82 Å². The summed E-state index contributed by atoms with van der Waals surface area (Å²) >= 11 is 0. The maximum Gasteiger partial charge on any atom is 0.469 e. The number of phosphoric acid groups is 1. The van der Waals surface area contributed by atoms with E-state index in [-0.39, 0.29) is 19.4 Å². The standard InChI is InChI=1S/C41H75O10P/c1-3-5-7-9-11-12-13-14-15-16-17-18-19-20-21-25-30-34-41(45)51-37(36-50-52(46,47)48)35-49-40(44)33-29-26-22-24-28-32-39(43)38(42)31-27-23-10-8-6-4-2/h11-12,14-15,23,27,37-39,42-43H,3-10,13,16-22,24-26,28-36H2,1-2H3,(H2,46,47,48)/b12-11-,15-14-,27-23-/t37-,38-,39-/m1/s1. The fraction of sp³-hybridized carbons (Fsp3) is 0.805. The number of aliphatic hydroxyl groups excluding tert-OH is 2. The summed E-state index contributed by atoms with van der Waals surface area (Å²) in [5.41, 5.74) is 0. The molecule has 52 heavy (non-hydrogen) atoms. The predicted molar refractivity (Wildman–Crippen MR) is 210 cm³/mol. The van der Waals surface area contributed by atoms with E-state index in [2.05, 4.69) is 48.8 Å². The number of allylic oxidation sites excluding steroid dienone is 5. The van der Waals surface area contributed by atoms with Gasteiger partial charge < -0.3 is 29.5 Å². The van der Waals surface area contributed by atoms with Crippen LogP contribution in [0.25, 0.3) is 0 Å². The van der Waals surface area contributed by atoms with Gasteiger partial charge in [-0.3, -0.25) is 14.1 Å². The molecule has 0 saturated carbocycles. The van der Waals surface area contributed by atoms with Crippen LogP contribution in [-0.4, -0.2) is 63.5 Å². The molecule has 304 valence electrons. The van der Waals surface area contributed by atoms with Gasteiger partial charge in [-0.25, -0.2) is 4.57 Å². The van der Waals surface area contributed by atoms with Crippen LogP contribution in [0.2, 0.25) is 0 Å². The van der Waals surface area contributed by atoms with Crippen molar-refractivity contribution in [3.05, 3.63) is 36.5 Å². The number of esters is 2. The molecule has 0 aliphatic heterocycles. The maximum absolute atomic E-state index is 12.4. The van der Waals surface area contributed by atoms with Crippen molar-refractivity contribution in [2.75, 3.05) is 13.2 Å². The molecule has 0 aromatic carbocycles. The summed E-state index contributed by atoms with van der Waals surface area (Å²) in [5.74, 6) is -1.01. The van der Waals surface area contributed by atoms with Crippen molar-refractivity contribution < 1.29 is 48.2 Å². The highest BCUT2D eigenvalue weighted by atomic mass is 31.2. The van der Waals surface area contributed by atoms with E-state index in [0.717, 1.165) is 77.0 Å². The first-order valence-electron chi connectivity index (χ1n) is 20.4. The van der Waals surface area contributed by atoms with Crippen LogP contribution < -0.4 is 0 Å². The number of rotatable bonds is 37. The summed E-state index contributed by atoms with van der Waals surface area (Å²) in [4.78, 5) is 42.8. The van der Waals surface area contributed by atoms with E-state index in [4.69, 9.17) is 19.3 Å². The van der Waals surface area contributed by atoms with Crippen molar-refractivity contribution in [3.8, 4) is 0 Å². The van der Waals surface area contributed by atoms with Crippen LogP contribution in [0.1, 0.15) is 181 Å². The van der Waals surface area contributed by atoms with Gasteiger partial charge in [-0.1, -0.05) is 134 Å². The SMILES string of the molecule is CCCCC/C=C\C/C=C\CCCCCCCCCC(=O)O[C@H](COC(=O)CCCCCCC[C@@H](O)[C@H](O)C/C=C\CCCCC)COP(=O)(O)O. The van der Waals surface area contributed by atoms with Gasteiger partial charge in [-0.2, -0.15) is 0 Å². The van der Waals surface area contributed by atoms with Crippen molar-refractivity contribution in [2.45, 2.75) is 199 Å². The molecular formula is C41H75O10P. The number of hydrogen-bond acceptors (Lipinski definition) is 8. The minimum atomic E-state index is -4.79. The molecule has 0 aromatic rings. The lowest BCUT2D eigenvalue weighted by Gasteiger charge is -2.18. The molecule has 3 atom stereocenters. The number of unbranched alkanes of at least 4 members (excludes halogenated alkanes) is 17. The number of carbonyl (C=O) groups excluding carboxylic acids is 2. The Balaban J connectivity index is 4.06. The maximum atomic E-state index is 12.4. The molecule has 10 nitrogen and oxygen atoms in total. The van der Waals surface area contributed by atoms with Gasteiger partial charge in [0.05, 0.1) is 18.8 Å². The van der Waals surface area contributed by atoms with E-state index >= 15 is 0 Å². The van der Waals surface area contributed by atoms with Crippen molar-refractivity contribution >= 4 is 19.8 Å². The Morgan fingerprint density at radius 2 is 1.06 bits per heavy atom. The molecule has 0 aliphatic carbocycles. The third-order valence-electron chi connectivity index (χ3n) is 8.83. The monoisotopic (exact) mass is 759 g/mol. The minimum Gasteiger partial charge on any atom is -0.462 e. The quantitative estimate of drug-likeness (QED) is 0.0208. The Morgan fingerprint density at radius 1 is 0.577 bits per heavy atom. The zero-order valence-corrected chi connectivity index (χ0v) is 33.6. The average Bonchev–Trinajstić information content (AvgIpc) is 3.11. The highest BCUT2D eigenvalue weighted by molar-refractivity contribution is 7.46. The fourth-order valence-corrected chi connectivity index (χ4v) is 5.96. The van der Waals surface area contributed by atoms with Gasteiger partial charge in [0.25, 0.3) is 0 Å². The summed E-state index contributed by atoms with van der Waals surface area (Å²) < 4.78 is 26.3. The van der Waals surface area contributed by atoms with Crippen LogP contribution in [0.15, 0.2) is 36.5 Å². The zero-order valence-electron chi connectivity index (χ0n) is 32.7. The van der Waals surface area contributed by atoms with Crippen LogP contribution in [0, 0.1) is 0 Å². The van der Waals surface area contributed by atoms with E-state index in [1.54, 1.807) is 0 Å². The predicted octanol–water partition coefficient (Wildman–Crippen LogP) is 10.1. The summed E-state index contributed by atoms with van der Waals surface area (Å²) in [6.07, 6.45) is 34.5. The first-order chi connectivity index (χ1) is 25.1. The number of ether oxygens (including phenoxy) is 2. The molecule has 0 spiro atoms. The number of hydrogen-bond donors (Lipinski definition) is 4. The van der Waals surface area contributed by atoms with Gasteiger partial charge in [-0.15, -0.1) is 0 Å². The van der Waals surface area contributed by atoms with Crippen LogP contribution in [-0.2, 0) is 28.2 Å². The molecule has 0 fully saturated rings. The minimum absolute atomic E-state index is 0.166. The lowest BCUT2D eigenvalue weighted by molar-refractivity contribution is -0.161. The largest absolute Gasteiger partial charge is 0.469 e. The Hall–Kier alpha value is -1.81. The summed E-state index contributed by atoms with van der Waals surface area (Å²) in [6, 6.07) is 0. The Labute approximate surface area is 316 Å². The number of phosphoric ester groups is 1. The van der Waals surface area contributed by atoms with Crippen LogP contribution in [0.3, 0.4) is 0 Å². The lowest BCUT2D eigenvalue weighted by atomic mass is 10.0. The fourth-order valence-electron chi connectivity index (χ4n) is 5.60. The lowest BCUT2D eigenvalue weighted by Crippen LogP contribution is -2.29. The zero-order chi connectivity index (χ0) is 38.5.